The highest BCUT2D eigenvalue weighted by Crippen LogP contribution is 2.46. The van der Waals surface area contributed by atoms with Crippen molar-refractivity contribution in [2.45, 2.75) is 31.2 Å². The summed E-state index contributed by atoms with van der Waals surface area (Å²) in [4.78, 5) is 6.65. The Morgan fingerprint density at radius 3 is 2.89 bits per heavy atom. The highest BCUT2D eigenvalue weighted by molar-refractivity contribution is 7.10. The molecule has 2 fully saturated rings. The molecule has 0 amide bonds. The predicted octanol–water partition coefficient (Wildman–Crippen LogP) is 4.13. The molecule has 0 bridgehead atoms. The highest BCUT2D eigenvalue weighted by atomic mass is 32.1. The van der Waals surface area contributed by atoms with Crippen molar-refractivity contribution in [1.82, 2.24) is 9.80 Å². The van der Waals surface area contributed by atoms with Crippen molar-refractivity contribution in [2.24, 2.45) is 0 Å². The Morgan fingerprint density at radius 2 is 2.04 bits per heavy atom. The summed E-state index contributed by atoms with van der Waals surface area (Å²) >= 11 is 1.89. The topological polar surface area (TPSA) is 24.9 Å². The molecule has 0 radical (unpaired) electrons. The minimum absolute atomic E-state index is 0.514. The molecular formula is C23H30N2O2S. The Labute approximate surface area is 172 Å². The highest BCUT2D eigenvalue weighted by Gasteiger charge is 2.37. The van der Waals surface area contributed by atoms with E-state index in [1.807, 2.05) is 11.3 Å². The van der Waals surface area contributed by atoms with Gasteiger partial charge in [0.15, 0.2) is 0 Å². The molecule has 5 rings (SSSR count). The molecule has 2 atom stereocenters. The summed E-state index contributed by atoms with van der Waals surface area (Å²) in [7, 11) is 0. The molecule has 4 nitrogen and oxygen atoms in total. The predicted molar refractivity (Wildman–Crippen MR) is 114 cm³/mol. The summed E-state index contributed by atoms with van der Waals surface area (Å²) in [5.41, 5.74) is 3.03. The summed E-state index contributed by atoms with van der Waals surface area (Å²) in [6.07, 6.45) is 3.67. The third-order valence-electron chi connectivity index (χ3n) is 6.45. The molecule has 0 N–H and O–H groups in total. The van der Waals surface area contributed by atoms with Gasteiger partial charge >= 0.3 is 0 Å². The van der Waals surface area contributed by atoms with Crippen LogP contribution in [0.1, 0.15) is 47.2 Å². The van der Waals surface area contributed by atoms with Crippen molar-refractivity contribution < 1.29 is 9.47 Å². The van der Waals surface area contributed by atoms with Gasteiger partial charge in [0.05, 0.1) is 19.8 Å². The van der Waals surface area contributed by atoms with Gasteiger partial charge in [-0.3, -0.25) is 9.80 Å². The molecule has 1 aromatic carbocycles. The molecule has 150 valence electrons. The van der Waals surface area contributed by atoms with Gasteiger partial charge in [-0.05, 0) is 60.5 Å². The molecule has 0 aliphatic carbocycles. The number of rotatable bonds is 6. The zero-order valence-corrected chi connectivity index (χ0v) is 17.3. The van der Waals surface area contributed by atoms with E-state index in [1.165, 1.54) is 35.4 Å². The Balaban J connectivity index is 1.27. The smallest absolute Gasteiger partial charge is 0.119 e. The number of fused-ring (bicyclic) bond motifs is 3. The van der Waals surface area contributed by atoms with Gasteiger partial charge < -0.3 is 9.47 Å². The molecule has 3 aliphatic rings. The zero-order valence-electron chi connectivity index (χ0n) is 16.5. The fourth-order valence-electron chi connectivity index (χ4n) is 5.01. The number of benzene rings is 1. The Hall–Kier alpha value is -1.40. The van der Waals surface area contributed by atoms with Crippen LogP contribution in [-0.2, 0) is 4.74 Å². The van der Waals surface area contributed by atoms with Gasteiger partial charge in [-0.25, -0.2) is 0 Å². The lowest BCUT2D eigenvalue weighted by molar-refractivity contribution is 0.0358. The van der Waals surface area contributed by atoms with Gasteiger partial charge in [-0.1, -0.05) is 12.1 Å². The van der Waals surface area contributed by atoms with Crippen molar-refractivity contribution in [2.75, 3.05) is 52.5 Å². The average Bonchev–Trinajstić information content (AvgIpc) is 3.43. The van der Waals surface area contributed by atoms with E-state index in [-0.39, 0.29) is 0 Å². The van der Waals surface area contributed by atoms with E-state index in [2.05, 4.69) is 45.5 Å². The zero-order chi connectivity index (χ0) is 18.8. The van der Waals surface area contributed by atoms with Crippen molar-refractivity contribution in [3.8, 4) is 5.75 Å². The van der Waals surface area contributed by atoms with E-state index >= 15 is 0 Å². The van der Waals surface area contributed by atoms with Crippen molar-refractivity contribution in [3.63, 3.8) is 0 Å². The minimum atomic E-state index is 0.514. The SMILES string of the molecule is c1csc(C2CN3CCCC3c3cc(OCCCN4CCOCC4)ccc32)c1. The molecule has 0 spiro atoms. The molecule has 1 aromatic heterocycles. The molecule has 4 heterocycles. The van der Waals surface area contributed by atoms with E-state index in [0.29, 0.717) is 12.0 Å². The van der Waals surface area contributed by atoms with E-state index in [9.17, 15) is 0 Å². The van der Waals surface area contributed by atoms with Gasteiger partial charge in [0, 0.05) is 43.0 Å². The second-order valence-electron chi connectivity index (χ2n) is 8.17. The lowest BCUT2D eigenvalue weighted by Crippen LogP contribution is -2.37. The van der Waals surface area contributed by atoms with Crippen LogP contribution in [0.2, 0.25) is 0 Å². The lowest BCUT2D eigenvalue weighted by atomic mass is 9.84. The van der Waals surface area contributed by atoms with Crippen LogP contribution in [0.4, 0.5) is 0 Å². The lowest BCUT2D eigenvalue weighted by Gasteiger charge is -2.37. The Bertz CT molecular complexity index is 773. The van der Waals surface area contributed by atoms with E-state index in [1.54, 1.807) is 0 Å². The first kappa shape index (κ1) is 18.6. The fraction of sp³-hybridized carbons (Fsp3) is 0.565. The summed E-state index contributed by atoms with van der Waals surface area (Å²) in [6, 6.07) is 11.9. The van der Waals surface area contributed by atoms with Crippen molar-refractivity contribution >= 4 is 11.3 Å². The number of thiophene rings is 1. The first-order valence-electron chi connectivity index (χ1n) is 10.7. The van der Waals surface area contributed by atoms with Crippen LogP contribution in [0.15, 0.2) is 35.7 Å². The quantitative estimate of drug-likeness (QED) is 0.683. The van der Waals surface area contributed by atoms with Crippen molar-refractivity contribution in [1.29, 1.82) is 0 Å². The second-order valence-corrected chi connectivity index (χ2v) is 9.15. The van der Waals surface area contributed by atoms with Gasteiger partial charge in [0.2, 0.25) is 0 Å². The summed E-state index contributed by atoms with van der Waals surface area (Å²) in [5.74, 6) is 1.55. The van der Waals surface area contributed by atoms with E-state index in [4.69, 9.17) is 9.47 Å². The molecule has 0 saturated carbocycles. The third-order valence-corrected chi connectivity index (χ3v) is 7.44. The van der Waals surface area contributed by atoms with Crippen LogP contribution in [0.25, 0.3) is 0 Å². The fourth-order valence-corrected chi connectivity index (χ4v) is 5.85. The molecule has 2 unspecified atom stereocenters. The van der Waals surface area contributed by atoms with Crippen molar-refractivity contribution in [3.05, 3.63) is 51.7 Å². The summed E-state index contributed by atoms with van der Waals surface area (Å²) in [5, 5.41) is 2.21. The summed E-state index contributed by atoms with van der Waals surface area (Å²) in [6.45, 7) is 8.14. The molecule has 5 heteroatoms. The molecule has 28 heavy (non-hydrogen) atoms. The third kappa shape index (κ3) is 3.86. The summed E-state index contributed by atoms with van der Waals surface area (Å²) < 4.78 is 11.6. The average molecular weight is 399 g/mol. The van der Waals surface area contributed by atoms with Gasteiger partial charge in [-0.15, -0.1) is 11.3 Å². The van der Waals surface area contributed by atoms with Gasteiger partial charge in [-0.2, -0.15) is 0 Å². The Kier molecular flexibility index (Phi) is 5.68. The largest absolute Gasteiger partial charge is 0.494 e. The molecular weight excluding hydrogens is 368 g/mol. The minimum Gasteiger partial charge on any atom is -0.494 e. The normalized spacial score (nSPS) is 25.4. The van der Waals surface area contributed by atoms with E-state index < -0.39 is 0 Å². The Morgan fingerprint density at radius 1 is 1.11 bits per heavy atom. The molecule has 2 aromatic rings. The number of morpholine rings is 1. The maximum Gasteiger partial charge on any atom is 0.119 e. The molecule has 3 aliphatic heterocycles. The van der Waals surface area contributed by atoms with Crippen LogP contribution < -0.4 is 4.74 Å². The van der Waals surface area contributed by atoms with Crippen LogP contribution in [-0.4, -0.2) is 62.3 Å². The number of hydrogen-bond acceptors (Lipinski definition) is 5. The molecule has 2 saturated heterocycles. The number of ether oxygens (including phenoxy) is 2. The first-order valence-corrected chi connectivity index (χ1v) is 11.6. The van der Waals surface area contributed by atoms with Crippen LogP contribution in [0.5, 0.6) is 5.75 Å². The van der Waals surface area contributed by atoms with Crippen LogP contribution >= 0.6 is 11.3 Å². The maximum absolute atomic E-state index is 6.16. The second kappa shape index (κ2) is 8.54. The van der Waals surface area contributed by atoms with Gasteiger partial charge in [0.1, 0.15) is 5.75 Å². The maximum atomic E-state index is 6.16. The standard InChI is InChI=1S/C23H30N2O2S/c1-4-22-20-16-18(27-12-3-8-24-10-13-26-14-11-24)6-7-19(20)21(17-25(22)9-1)23-5-2-15-28-23/h2,5-7,15-16,21-22H,1,3-4,8-14,17H2. The van der Waals surface area contributed by atoms with Crippen LogP contribution in [0, 0.1) is 0 Å². The number of nitrogens with zero attached hydrogens (tertiary/aromatic N) is 2. The van der Waals surface area contributed by atoms with Gasteiger partial charge in [0.25, 0.3) is 0 Å². The first-order chi connectivity index (χ1) is 13.9. The van der Waals surface area contributed by atoms with E-state index in [0.717, 1.165) is 58.2 Å². The monoisotopic (exact) mass is 398 g/mol. The number of hydrogen-bond donors (Lipinski definition) is 0. The van der Waals surface area contributed by atoms with Crippen LogP contribution in [0.3, 0.4) is 0 Å².